The monoisotopic (exact) mass is 260 g/mol. The second kappa shape index (κ2) is 4.79. The summed E-state index contributed by atoms with van der Waals surface area (Å²) in [6.45, 7) is 0.682. The molecule has 19 heavy (non-hydrogen) atoms. The first-order valence-corrected chi connectivity index (χ1v) is 6.17. The molecule has 0 aliphatic carbocycles. The topological polar surface area (TPSA) is 61.9 Å². The summed E-state index contributed by atoms with van der Waals surface area (Å²) in [5.74, 6) is -0.187. The number of carbonyl (C=O) groups is 1. The predicted molar refractivity (Wildman–Crippen MR) is 65.8 cm³/mol. The number of nitrogens with one attached hydrogen (secondary N) is 1. The number of rotatable bonds is 2. The summed E-state index contributed by atoms with van der Waals surface area (Å²) >= 11 is 0. The summed E-state index contributed by atoms with van der Waals surface area (Å²) in [6, 6.07) is 6.28. The van der Waals surface area contributed by atoms with Crippen LogP contribution in [0, 0.1) is 5.82 Å². The normalized spacial score (nSPS) is 18.8. The van der Waals surface area contributed by atoms with Gasteiger partial charge in [-0.25, -0.2) is 9.37 Å². The van der Waals surface area contributed by atoms with E-state index in [2.05, 4.69) is 15.2 Å². The number of hydrogen-bond donors (Lipinski definition) is 1. The Morgan fingerprint density at radius 2 is 2.16 bits per heavy atom. The number of benzene rings is 1. The molecule has 6 heteroatoms. The molecule has 1 atom stereocenters. The molecule has 1 aromatic carbocycles. The van der Waals surface area contributed by atoms with Gasteiger partial charge in [0, 0.05) is 6.54 Å². The lowest BCUT2D eigenvalue weighted by atomic mass is 10.0. The third kappa shape index (κ3) is 2.21. The minimum atomic E-state index is -0.269. The summed E-state index contributed by atoms with van der Waals surface area (Å²) in [5, 5.41) is 6.27. The number of halogens is 1. The largest absolute Gasteiger partial charge is 0.329 e. The molecule has 5 nitrogen and oxygen atoms in total. The van der Waals surface area contributed by atoms with Crippen molar-refractivity contribution in [1.82, 2.24) is 20.1 Å². The van der Waals surface area contributed by atoms with Crippen LogP contribution in [0.1, 0.15) is 35.1 Å². The molecule has 1 N–H and O–H groups in total. The van der Waals surface area contributed by atoms with Gasteiger partial charge < -0.3 is 4.90 Å². The molecule has 1 aromatic heterocycles. The average Bonchev–Trinajstić information content (AvgIpc) is 3.10. The molecule has 1 aliphatic heterocycles. The van der Waals surface area contributed by atoms with Crippen LogP contribution >= 0.6 is 0 Å². The smallest absolute Gasteiger partial charge is 0.291 e. The Labute approximate surface area is 109 Å². The number of aromatic amines is 1. The number of hydrogen-bond acceptors (Lipinski definition) is 3. The number of carbonyl (C=O) groups excluding carboxylic acids is 1. The average molecular weight is 260 g/mol. The van der Waals surface area contributed by atoms with E-state index in [0.717, 1.165) is 18.4 Å². The highest BCUT2D eigenvalue weighted by Crippen LogP contribution is 2.32. The van der Waals surface area contributed by atoms with Gasteiger partial charge in [-0.15, -0.1) is 0 Å². The number of nitrogens with zero attached hydrogens (tertiary/aromatic N) is 3. The summed E-state index contributed by atoms with van der Waals surface area (Å²) in [4.78, 5) is 17.9. The van der Waals surface area contributed by atoms with Crippen LogP contribution in [0.3, 0.4) is 0 Å². The van der Waals surface area contributed by atoms with Gasteiger partial charge in [-0.05, 0) is 30.5 Å². The van der Waals surface area contributed by atoms with E-state index in [1.165, 1.54) is 18.5 Å². The number of amides is 1. The minimum absolute atomic E-state index is 0.0156. The van der Waals surface area contributed by atoms with Gasteiger partial charge in [0.1, 0.15) is 12.1 Å². The molecular formula is C13H13FN4O. The maximum Gasteiger partial charge on any atom is 0.291 e. The Hall–Kier alpha value is -2.24. The van der Waals surface area contributed by atoms with Gasteiger partial charge in [0.05, 0.1) is 6.04 Å². The summed E-state index contributed by atoms with van der Waals surface area (Å²) in [7, 11) is 0. The fraction of sp³-hybridized carbons (Fsp3) is 0.308. The fourth-order valence-corrected chi connectivity index (χ4v) is 2.49. The zero-order valence-corrected chi connectivity index (χ0v) is 10.2. The fourth-order valence-electron chi connectivity index (χ4n) is 2.49. The Morgan fingerprint density at radius 1 is 1.37 bits per heavy atom. The van der Waals surface area contributed by atoms with Crippen LogP contribution in [0.4, 0.5) is 4.39 Å². The van der Waals surface area contributed by atoms with Crippen molar-refractivity contribution in [3.63, 3.8) is 0 Å². The van der Waals surface area contributed by atoms with E-state index in [1.54, 1.807) is 17.0 Å². The van der Waals surface area contributed by atoms with Crippen molar-refractivity contribution in [1.29, 1.82) is 0 Å². The summed E-state index contributed by atoms with van der Waals surface area (Å²) < 4.78 is 12.9. The van der Waals surface area contributed by atoms with Gasteiger partial charge in [-0.1, -0.05) is 12.1 Å². The first-order valence-electron chi connectivity index (χ1n) is 6.17. The molecule has 0 radical (unpaired) electrons. The quantitative estimate of drug-likeness (QED) is 0.897. The molecule has 1 aliphatic rings. The highest BCUT2D eigenvalue weighted by Gasteiger charge is 2.31. The molecule has 98 valence electrons. The zero-order valence-electron chi connectivity index (χ0n) is 10.2. The molecular weight excluding hydrogens is 247 g/mol. The zero-order chi connectivity index (χ0) is 13.2. The van der Waals surface area contributed by atoms with Gasteiger partial charge in [0.2, 0.25) is 5.82 Å². The lowest BCUT2D eigenvalue weighted by molar-refractivity contribution is 0.0723. The molecule has 1 amide bonds. The van der Waals surface area contributed by atoms with Crippen molar-refractivity contribution in [3.8, 4) is 0 Å². The number of H-pyrrole nitrogens is 1. The predicted octanol–water partition coefficient (Wildman–Crippen LogP) is 1.92. The molecule has 2 aromatic rings. The Morgan fingerprint density at radius 3 is 2.84 bits per heavy atom. The van der Waals surface area contributed by atoms with Crippen LogP contribution in [0.25, 0.3) is 0 Å². The third-order valence-corrected chi connectivity index (χ3v) is 3.39. The lowest BCUT2D eigenvalue weighted by Crippen LogP contribution is -2.31. The van der Waals surface area contributed by atoms with E-state index >= 15 is 0 Å². The van der Waals surface area contributed by atoms with Gasteiger partial charge in [-0.3, -0.25) is 9.89 Å². The molecule has 1 fully saturated rings. The van der Waals surface area contributed by atoms with Crippen LogP contribution < -0.4 is 0 Å². The van der Waals surface area contributed by atoms with Gasteiger partial charge in [0.25, 0.3) is 5.91 Å². The second-order valence-corrected chi connectivity index (χ2v) is 4.54. The van der Waals surface area contributed by atoms with Gasteiger partial charge in [-0.2, -0.15) is 5.10 Å². The van der Waals surface area contributed by atoms with E-state index in [-0.39, 0.29) is 23.6 Å². The molecule has 0 spiro atoms. The summed E-state index contributed by atoms with van der Waals surface area (Å²) in [6.07, 6.45) is 3.13. The Bertz CT molecular complexity index is 567. The molecule has 0 bridgehead atoms. The maximum atomic E-state index is 12.9. The molecule has 0 saturated carbocycles. The van der Waals surface area contributed by atoms with Crippen molar-refractivity contribution in [2.45, 2.75) is 18.9 Å². The highest BCUT2D eigenvalue weighted by atomic mass is 19.1. The third-order valence-electron chi connectivity index (χ3n) is 3.39. The van der Waals surface area contributed by atoms with Crippen LogP contribution in [0.2, 0.25) is 0 Å². The maximum absolute atomic E-state index is 12.9. The van der Waals surface area contributed by atoms with E-state index in [1.807, 2.05) is 0 Å². The van der Waals surface area contributed by atoms with E-state index < -0.39 is 0 Å². The van der Waals surface area contributed by atoms with E-state index in [9.17, 15) is 9.18 Å². The number of aromatic nitrogens is 3. The minimum Gasteiger partial charge on any atom is -0.329 e. The molecule has 3 rings (SSSR count). The van der Waals surface area contributed by atoms with E-state index in [4.69, 9.17) is 0 Å². The highest BCUT2D eigenvalue weighted by molar-refractivity contribution is 5.90. The first kappa shape index (κ1) is 11.8. The van der Waals surface area contributed by atoms with Crippen LogP contribution in [0.15, 0.2) is 30.6 Å². The standard InChI is InChI=1S/C13H13FN4O/c14-10-5-3-9(4-6-10)11-2-1-7-18(11)13(19)12-15-8-16-17-12/h3-6,8,11H,1-2,7H2,(H,15,16,17)/t11-/m0/s1. The van der Waals surface area contributed by atoms with Crippen LogP contribution in [-0.4, -0.2) is 32.5 Å². The van der Waals surface area contributed by atoms with Crippen LogP contribution in [0.5, 0.6) is 0 Å². The van der Waals surface area contributed by atoms with Gasteiger partial charge >= 0.3 is 0 Å². The molecule has 0 unspecified atom stereocenters. The van der Waals surface area contributed by atoms with Crippen molar-refractivity contribution in [3.05, 3.63) is 47.8 Å². The molecule has 2 heterocycles. The number of likely N-dealkylation sites (tertiary alicyclic amines) is 1. The van der Waals surface area contributed by atoms with Crippen molar-refractivity contribution in [2.24, 2.45) is 0 Å². The van der Waals surface area contributed by atoms with Crippen molar-refractivity contribution >= 4 is 5.91 Å². The van der Waals surface area contributed by atoms with Crippen LogP contribution in [-0.2, 0) is 0 Å². The SMILES string of the molecule is O=C(c1ncn[nH]1)N1CCC[C@H]1c1ccc(F)cc1. The lowest BCUT2D eigenvalue weighted by Gasteiger charge is -2.24. The molecule has 1 saturated heterocycles. The van der Waals surface area contributed by atoms with E-state index in [0.29, 0.717) is 6.54 Å². The first-order chi connectivity index (χ1) is 9.25. The van der Waals surface area contributed by atoms with Crippen molar-refractivity contribution in [2.75, 3.05) is 6.54 Å². The Balaban J connectivity index is 1.85. The van der Waals surface area contributed by atoms with Crippen molar-refractivity contribution < 1.29 is 9.18 Å². The Kier molecular flexibility index (Phi) is 2.98. The second-order valence-electron chi connectivity index (χ2n) is 4.54. The van der Waals surface area contributed by atoms with Gasteiger partial charge in [0.15, 0.2) is 0 Å². The summed E-state index contributed by atoms with van der Waals surface area (Å²) in [5.41, 5.74) is 0.951.